The van der Waals surface area contributed by atoms with E-state index in [1.165, 1.54) is 55.3 Å². The van der Waals surface area contributed by atoms with Crippen LogP contribution in [0.25, 0.3) is 0 Å². The van der Waals surface area contributed by atoms with Gasteiger partial charge in [0.1, 0.15) is 61.6 Å². The zero-order chi connectivity index (χ0) is 99.9. The van der Waals surface area contributed by atoms with Crippen molar-refractivity contribution in [3.05, 3.63) is 77.9 Å². The van der Waals surface area contributed by atoms with Crippen molar-refractivity contribution in [3.63, 3.8) is 0 Å². The van der Waals surface area contributed by atoms with Crippen molar-refractivity contribution in [2.45, 2.75) is 192 Å². The average Bonchev–Trinajstić information content (AvgIpc) is 1.18. The average molecular weight is 1940 g/mol. The number of alkyl carbamates (subject to hydrolysis) is 1. The number of rotatable bonds is 73. The highest BCUT2D eigenvalue weighted by molar-refractivity contribution is 5.92. The summed E-state index contributed by atoms with van der Waals surface area (Å²) in [6.45, 7) is 25.6. The molecule has 43 heteroatoms. The van der Waals surface area contributed by atoms with E-state index in [0.717, 1.165) is 4.90 Å². The van der Waals surface area contributed by atoms with Crippen LogP contribution in [0.4, 0.5) is 9.59 Å². The Morgan fingerprint density at radius 3 is 1.65 bits per heavy atom. The van der Waals surface area contributed by atoms with Gasteiger partial charge in [-0.2, -0.15) is 0 Å². The molecule has 43 nitrogen and oxygen atoms in total. The molecular weight excluding hydrogens is 1790 g/mol. The van der Waals surface area contributed by atoms with E-state index in [0.29, 0.717) is 164 Å². The van der Waals surface area contributed by atoms with Crippen LogP contribution in [0.1, 0.15) is 117 Å². The van der Waals surface area contributed by atoms with E-state index in [1.807, 2.05) is 19.9 Å². The minimum absolute atomic E-state index is 0.0102. The summed E-state index contributed by atoms with van der Waals surface area (Å²) in [5, 5.41) is 66.6. The maximum absolute atomic E-state index is 15.0. The van der Waals surface area contributed by atoms with Crippen LogP contribution in [0, 0.1) is 23.7 Å². The number of carbonyl (C=O) groups excluding carboxylic acids is 9. The molecular formula is C93H153N9O34. The normalized spacial score (nSPS) is 18.9. The molecule has 0 aliphatic carbocycles. The molecule has 3 saturated heterocycles. The highest BCUT2D eigenvalue weighted by atomic mass is 16.7. The van der Waals surface area contributed by atoms with Crippen LogP contribution in [-0.2, 0) is 137 Å². The molecule has 3 heterocycles. The number of carboxylic acids is 1. The fraction of sp³-hybridized carbons (Fsp3) is 0.742. The van der Waals surface area contributed by atoms with Gasteiger partial charge in [0.05, 0.1) is 227 Å². The fourth-order valence-corrected chi connectivity index (χ4v) is 15.3. The second-order valence-electron chi connectivity index (χ2n) is 33.9. The SMILES string of the molecule is C=CCOC(=O)NCC1(OCC(=O)NCCC(=O)NCc2cc(COC(=O)N(C)[C@H](C(=O)N[C@H](C(=O)N(C)[C@@H]([C@@H](C)CC)[C@@H](CC(=O)N3CCC[C@H]3[C@H](OC)[C@@H](C)C(=O)N[C@H](C)[C@@H](O)c3ccccc3)OC)C(C)C)C(C)C)ccc2O[C@@H]2O[C@H](C(=O)O)[C@@H](O)[C@H](O)[C@H]2O)CN(C(=O)CCOCCOCCOCCOCCOCCOCCOCCOCCOCCOCCOCCOC)C1. The largest absolute Gasteiger partial charge is 0.479 e. The Hall–Kier alpha value is -8.52. The molecule has 5 rings (SSSR count). The van der Waals surface area contributed by atoms with E-state index in [1.54, 1.807) is 84.9 Å². The summed E-state index contributed by atoms with van der Waals surface area (Å²) in [5.41, 5.74) is -0.167. The van der Waals surface area contributed by atoms with Crippen LogP contribution in [0.3, 0.4) is 0 Å². The summed E-state index contributed by atoms with van der Waals surface area (Å²) in [6, 6.07) is 8.98. The first-order valence-electron chi connectivity index (χ1n) is 46.7. The minimum atomic E-state index is -2.05. The lowest BCUT2D eigenvalue weighted by atomic mass is 9.89. The molecule has 9 amide bonds. The molecule has 3 aliphatic heterocycles. The van der Waals surface area contributed by atoms with E-state index >= 15 is 4.79 Å². The van der Waals surface area contributed by atoms with Crippen molar-refractivity contribution < 1.29 is 163 Å². The molecule has 0 aromatic heterocycles. The third-order valence-corrected chi connectivity index (χ3v) is 23.1. The van der Waals surface area contributed by atoms with Crippen LogP contribution < -0.4 is 31.3 Å². The van der Waals surface area contributed by atoms with Crippen molar-refractivity contribution in [1.82, 2.24) is 46.2 Å². The van der Waals surface area contributed by atoms with Crippen molar-refractivity contribution >= 4 is 59.5 Å². The first-order valence-corrected chi connectivity index (χ1v) is 46.7. The summed E-state index contributed by atoms with van der Waals surface area (Å²) in [5.74, 6) is -7.21. The molecule has 0 bridgehead atoms. The van der Waals surface area contributed by atoms with Crippen molar-refractivity contribution in [2.75, 3.05) is 233 Å². The topological polar surface area (TPSA) is 520 Å². The minimum Gasteiger partial charge on any atom is -0.479 e. The van der Waals surface area contributed by atoms with Crippen LogP contribution in [0.2, 0.25) is 0 Å². The van der Waals surface area contributed by atoms with Gasteiger partial charge in [0.25, 0.3) is 0 Å². The number of aliphatic carboxylic acids is 1. The lowest BCUT2D eigenvalue weighted by Gasteiger charge is -2.49. The quantitative estimate of drug-likeness (QED) is 0.0333. The van der Waals surface area contributed by atoms with Crippen LogP contribution >= 0.6 is 0 Å². The van der Waals surface area contributed by atoms with Crippen molar-refractivity contribution in [1.29, 1.82) is 0 Å². The number of likely N-dealkylation sites (N-methyl/N-ethyl adjacent to an activating group) is 2. The van der Waals surface area contributed by atoms with Gasteiger partial charge >= 0.3 is 18.2 Å². The standard InChI is InChI=1S/C93H153N9O34/c1-15-30-132-91(116)96-59-93(60-101(61-93)75(105)27-31-121-34-35-123-38-39-125-42-43-127-46-47-129-50-51-131-53-52-130-49-48-128-45-44-126-41-40-124-37-36-122-33-32-118-12)134-58-74(104)94-28-26-73(103)95-56-69-54-67(24-25-71(69)135-90-83(110)81(108)82(109)85(136-90)89(114)115)57-133-92(117)100(11)78(63(5)6)87(112)98-77(62(3)4)88(113)99(10)79(64(7)16-2)72(119-13)55-76(106)102-29-20-23-70(102)84(120-14)65(8)86(111)97-66(9)80(107)68-21-18-17-19-22-68/h15,17-19,21-22,24-25,54,62-66,70,72,77-85,90,107-110H,1,16,20,23,26-53,55-61H2,2-14H3,(H,94,104)(H,95,103)(H,96,116)(H,97,111)(H,98,112)(H,114,115)/t64-,65+,66+,70-,72+,77-,78-,79-,80+,81-,82-,83+,84+,85-,90+/m0/s1. The number of carboxylic acid groups (broad SMARTS) is 1. The van der Waals surface area contributed by atoms with Gasteiger partial charge in [0, 0.05) is 67.0 Å². The zero-order valence-corrected chi connectivity index (χ0v) is 81.5. The van der Waals surface area contributed by atoms with Crippen LogP contribution in [0.15, 0.2) is 61.2 Å². The smallest absolute Gasteiger partial charge is 0.410 e. The Bertz CT molecular complexity index is 3800. The Labute approximate surface area is 798 Å². The predicted molar refractivity (Wildman–Crippen MR) is 490 cm³/mol. The van der Waals surface area contributed by atoms with Gasteiger partial charge in [-0.1, -0.05) is 104 Å². The third-order valence-electron chi connectivity index (χ3n) is 23.1. The maximum atomic E-state index is 15.0. The molecule has 0 radical (unpaired) electrons. The van der Waals surface area contributed by atoms with Gasteiger partial charge in [-0.25, -0.2) is 14.4 Å². The Kier molecular flexibility index (Phi) is 57.4. The summed E-state index contributed by atoms with van der Waals surface area (Å²) >= 11 is 0. The molecule has 3 aliphatic rings. The van der Waals surface area contributed by atoms with Crippen LogP contribution in [0.5, 0.6) is 5.75 Å². The van der Waals surface area contributed by atoms with Crippen LogP contribution in [-0.4, -0.2) is 417 Å². The number of carbonyl (C=O) groups is 10. The number of ether oxygens (including phenoxy) is 19. The Morgan fingerprint density at radius 2 is 1.15 bits per heavy atom. The first kappa shape index (κ1) is 118. The number of hydrogen-bond acceptors (Lipinski definition) is 33. The van der Waals surface area contributed by atoms with E-state index in [-0.39, 0.29) is 119 Å². The summed E-state index contributed by atoms with van der Waals surface area (Å²) in [4.78, 5) is 143. The lowest BCUT2D eigenvalue weighted by Crippen LogP contribution is -2.69. The first-order chi connectivity index (χ1) is 65.3. The van der Waals surface area contributed by atoms with Gasteiger partial charge < -0.3 is 157 Å². The fourth-order valence-electron chi connectivity index (χ4n) is 15.3. The van der Waals surface area contributed by atoms with Crippen molar-refractivity contribution in [2.24, 2.45) is 23.7 Å². The van der Waals surface area contributed by atoms with Crippen molar-refractivity contribution in [3.8, 4) is 5.75 Å². The monoisotopic (exact) mass is 1940 g/mol. The molecule has 10 N–H and O–H groups in total. The molecule has 2 aromatic rings. The van der Waals surface area contributed by atoms with E-state index < -0.39 is 158 Å². The number of hydrogen-bond donors (Lipinski definition) is 10. The molecule has 2 aromatic carbocycles. The predicted octanol–water partition coefficient (Wildman–Crippen LogP) is 1.70. The molecule has 3 fully saturated rings. The summed E-state index contributed by atoms with van der Waals surface area (Å²) < 4.78 is 106. The highest BCUT2D eigenvalue weighted by Gasteiger charge is 2.50. The summed E-state index contributed by atoms with van der Waals surface area (Å²) in [7, 11) is 7.53. The van der Waals surface area contributed by atoms with Gasteiger partial charge in [-0.15, -0.1) is 0 Å². The number of likely N-dealkylation sites (tertiary alicyclic amines) is 2. The lowest BCUT2D eigenvalue weighted by molar-refractivity contribution is -0.271. The number of nitrogens with one attached hydrogen (secondary N) is 5. The van der Waals surface area contributed by atoms with E-state index in [9.17, 15) is 68.7 Å². The molecule has 0 unspecified atom stereocenters. The molecule has 0 saturated carbocycles. The number of aliphatic hydroxyl groups excluding tert-OH is 4. The molecule has 136 heavy (non-hydrogen) atoms. The van der Waals surface area contributed by atoms with Gasteiger partial charge in [0.15, 0.2) is 6.10 Å². The zero-order valence-electron chi connectivity index (χ0n) is 81.5. The number of amides is 9. The second kappa shape index (κ2) is 66.2. The summed E-state index contributed by atoms with van der Waals surface area (Å²) in [6.07, 6.45) is -11.6. The second-order valence-corrected chi connectivity index (χ2v) is 33.9. The molecule has 15 atom stereocenters. The third kappa shape index (κ3) is 41.9. The number of methoxy groups -OCH3 is 3. The van der Waals surface area contributed by atoms with E-state index in [2.05, 4.69) is 33.2 Å². The highest BCUT2D eigenvalue weighted by Crippen LogP contribution is 2.33. The Balaban J connectivity index is 1.06. The number of nitrogens with zero attached hydrogens (tertiary/aromatic N) is 4. The Morgan fingerprint density at radius 1 is 0.610 bits per heavy atom. The van der Waals surface area contributed by atoms with Gasteiger partial charge in [0.2, 0.25) is 47.6 Å². The number of benzene rings is 2. The van der Waals surface area contributed by atoms with Gasteiger partial charge in [-0.3, -0.25) is 38.5 Å². The maximum Gasteiger partial charge on any atom is 0.410 e. The number of aliphatic hydroxyl groups is 4. The molecule has 0 spiro atoms. The van der Waals surface area contributed by atoms with Gasteiger partial charge in [-0.05, 0) is 60.8 Å². The van der Waals surface area contributed by atoms with E-state index in [4.69, 9.17) is 90.0 Å². The molecule has 774 valence electrons.